The van der Waals surface area contributed by atoms with E-state index in [0.29, 0.717) is 18.3 Å². The fourth-order valence-corrected chi connectivity index (χ4v) is 3.07. The average Bonchev–Trinajstić information content (AvgIpc) is 2.68. The molecule has 2 aromatic rings. The second-order valence-electron chi connectivity index (χ2n) is 6.82. The predicted molar refractivity (Wildman–Crippen MR) is 105 cm³/mol. The van der Waals surface area contributed by atoms with Crippen molar-refractivity contribution in [1.82, 2.24) is 15.2 Å². The van der Waals surface area contributed by atoms with E-state index in [1.54, 1.807) is 6.20 Å². The normalized spacial score (nSPS) is 15.1. The number of piperazine rings is 1. The molecule has 26 heavy (non-hydrogen) atoms. The Morgan fingerprint density at radius 1 is 1.08 bits per heavy atom. The highest BCUT2D eigenvalue weighted by atomic mass is 16.2. The van der Waals surface area contributed by atoms with E-state index in [-0.39, 0.29) is 6.03 Å². The van der Waals surface area contributed by atoms with Crippen LogP contribution in [0.2, 0.25) is 0 Å². The van der Waals surface area contributed by atoms with Gasteiger partial charge >= 0.3 is 6.03 Å². The molecule has 138 valence electrons. The van der Waals surface area contributed by atoms with Crippen LogP contribution in [0, 0.1) is 0 Å². The van der Waals surface area contributed by atoms with Crippen LogP contribution in [0.4, 0.5) is 16.3 Å². The third-order valence-corrected chi connectivity index (χ3v) is 4.67. The van der Waals surface area contributed by atoms with Crippen molar-refractivity contribution in [2.24, 2.45) is 0 Å². The van der Waals surface area contributed by atoms with Crippen molar-refractivity contribution in [3.8, 4) is 0 Å². The lowest BCUT2D eigenvalue weighted by Crippen LogP contribution is -2.49. The van der Waals surface area contributed by atoms with Crippen molar-refractivity contribution in [2.75, 3.05) is 36.4 Å². The number of carbonyl (C=O) groups excluding carboxylic acids is 1. The number of benzene rings is 1. The summed E-state index contributed by atoms with van der Waals surface area (Å²) in [7, 11) is 0. The zero-order valence-corrected chi connectivity index (χ0v) is 15.5. The fourth-order valence-electron chi connectivity index (χ4n) is 3.07. The van der Waals surface area contributed by atoms with Crippen LogP contribution in [0.3, 0.4) is 0 Å². The van der Waals surface area contributed by atoms with Gasteiger partial charge in [-0.3, -0.25) is 4.90 Å². The van der Waals surface area contributed by atoms with Crippen LogP contribution >= 0.6 is 0 Å². The minimum Gasteiger partial charge on any atom is -0.354 e. The number of nitrogens with zero attached hydrogens (tertiary/aromatic N) is 3. The number of amides is 2. The summed E-state index contributed by atoms with van der Waals surface area (Å²) in [5.41, 5.74) is 1.76. The molecule has 1 fully saturated rings. The SMILES string of the molecule is CC(C)N1CCN(c2ccc(NC(=O)NCc3ccccc3)cn2)CC1. The molecule has 0 unspecified atom stereocenters. The third kappa shape index (κ3) is 4.95. The highest BCUT2D eigenvalue weighted by Gasteiger charge is 2.19. The average molecular weight is 353 g/mol. The molecule has 0 saturated carbocycles. The lowest BCUT2D eigenvalue weighted by molar-refractivity contribution is 0.209. The summed E-state index contributed by atoms with van der Waals surface area (Å²) < 4.78 is 0. The Morgan fingerprint density at radius 2 is 1.81 bits per heavy atom. The maximum absolute atomic E-state index is 12.0. The molecule has 6 heteroatoms. The smallest absolute Gasteiger partial charge is 0.319 e. The van der Waals surface area contributed by atoms with Crippen molar-refractivity contribution < 1.29 is 4.79 Å². The van der Waals surface area contributed by atoms with E-state index < -0.39 is 0 Å². The number of hydrogen-bond acceptors (Lipinski definition) is 4. The first-order valence-electron chi connectivity index (χ1n) is 9.15. The number of anilines is 2. The van der Waals surface area contributed by atoms with Crippen LogP contribution in [0.1, 0.15) is 19.4 Å². The lowest BCUT2D eigenvalue weighted by Gasteiger charge is -2.37. The summed E-state index contributed by atoms with van der Waals surface area (Å²) in [5, 5.41) is 5.67. The van der Waals surface area contributed by atoms with Gasteiger partial charge in [0.05, 0.1) is 11.9 Å². The molecule has 0 aliphatic carbocycles. The number of urea groups is 1. The molecular weight excluding hydrogens is 326 g/mol. The van der Waals surface area contributed by atoms with Gasteiger partial charge in [0, 0.05) is 38.8 Å². The minimum atomic E-state index is -0.228. The fraction of sp³-hybridized carbons (Fsp3) is 0.400. The third-order valence-electron chi connectivity index (χ3n) is 4.67. The molecule has 1 aliphatic heterocycles. The van der Waals surface area contributed by atoms with Crippen LogP contribution in [-0.2, 0) is 6.54 Å². The predicted octanol–water partition coefficient (Wildman–Crippen LogP) is 2.93. The second kappa shape index (κ2) is 8.67. The topological polar surface area (TPSA) is 60.5 Å². The molecule has 2 amide bonds. The van der Waals surface area contributed by atoms with E-state index in [1.165, 1.54) is 0 Å². The van der Waals surface area contributed by atoms with Crippen molar-refractivity contribution in [3.63, 3.8) is 0 Å². The Morgan fingerprint density at radius 3 is 2.42 bits per heavy atom. The molecule has 1 saturated heterocycles. The molecule has 2 N–H and O–H groups in total. The summed E-state index contributed by atoms with van der Waals surface area (Å²) >= 11 is 0. The van der Waals surface area contributed by atoms with Crippen LogP contribution in [0.25, 0.3) is 0 Å². The maximum Gasteiger partial charge on any atom is 0.319 e. The van der Waals surface area contributed by atoms with Gasteiger partial charge in [-0.15, -0.1) is 0 Å². The van der Waals surface area contributed by atoms with Crippen molar-refractivity contribution >= 4 is 17.5 Å². The standard InChI is InChI=1S/C20H27N5O/c1-16(2)24-10-12-25(13-11-24)19-9-8-18(15-21-19)23-20(26)22-14-17-6-4-3-5-7-17/h3-9,15-16H,10-14H2,1-2H3,(H2,22,23,26). The Hall–Kier alpha value is -2.60. The van der Waals surface area contributed by atoms with E-state index in [0.717, 1.165) is 37.6 Å². The molecule has 3 rings (SSSR count). The van der Waals surface area contributed by atoms with E-state index in [4.69, 9.17) is 0 Å². The van der Waals surface area contributed by atoms with Gasteiger partial charge in [0.25, 0.3) is 0 Å². The molecule has 0 radical (unpaired) electrons. The first-order chi connectivity index (χ1) is 12.6. The first kappa shape index (κ1) is 18.2. The Bertz CT molecular complexity index is 694. The van der Waals surface area contributed by atoms with Crippen molar-refractivity contribution in [3.05, 3.63) is 54.2 Å². The molecule has 0 bridgehead atoms. The number of nitrogens with one attached hydrogen (secondary N) is 2. The minimum absolute atomic E-state index is 0.228. The number of aromatic nitrogens is 1. The van der Waals surface area contributed by atoms with Crippen molar-refractivity contribution in [2.45, 2.75) is 26.4 Å². The first-order valence-corrected chi connectivity index (χ1v) is 9.15. The number of rotatable bonds is 5. The second-order valence-corrected chi connectivity index (χ2v) is 6.82. The molecule has 0 spiro atoms. The quantitative estimate of drug-likeness (QED) is 0.868. The Labute approximate surface area is 155 Å². The van der Waals surface area contributed by atoms with E-state index >= 15 is 0 Å². The van der Waals surface area contributed by atoms with Gasteiger partial charge in [-0.1, -0.05) is 30.3 Å². The molecule has 1 aromatic heterocycles. The number of hydrogen-bond donors (Lipinski definition) is 2. The van der Waals surface area contributed by atoms with E-state index in [2.05, 4.69) is 39.3 Å². The molecule has 6 nitrogen and oxygen atoms in total. The maximum atomic E-state index is 12.0. The van der Waals surface area contributed by atoms with Crippen LogP contribution in [-0.4, -0.2) is 48.1 Å². The molecule has 1 aromatic carbocycles. The van der Waals surface area contributed by atoms with E-state index in [9.17, 15) is 4.79 Å². The van der Waals surface area contributed by atoms with Gasteiger partial charge in [-0.25, -0.2) is 9.78 Å². The summed E-state index contributed by atoms with van der Waals surface area (Å²) in [5.74, 6) is 0.962. The molecular formula is C20H27N5O. The Kier molecular flexibility index (Phi) is 6.07. The largest absolute Gasteiger partial charge is 0.354 e. The van der Waals surface area contributed by atoms with Gasteiger partial charge < -0.3 is 15.5 Å². The summed E-state index contributed by atoms with van der Waals surface area (Å²) in [6, 6.07) is 14.1. The number of carbonyl (C=O) groups is 1. The monoisotopic (exact) mass is 353 g/mol. The van der Waals surface area contributed by atoms with Gasteiger partial charge in [0.1, 0.15) is 5.82 Å². The van der Waals surface area contributed by atoms with Crippen LogP contribution in [0.5, 0.6) is 0 Å². The summed E-state index contributed by atoms with van der Waals surface area (Å²) in [4.78, 5) is 21.3. The van der Waals surface area contributed by atoms with Crippen LogP contribution in [0.15, 0.2) is 48.7 Å². The molecule has 0 atom stereocenters. The zero-order valence-electron chi connectivity index (χ0n) is 15.5. The Balaban J connectivity index is 1.48. The highest BCUT2D eigenvalue weighted by molar-refractivity contribution is 5.89. The van der Waals surface area contributed by atoms with Gasteiger partial charge in [0.2, 0.25) is 0 Å². The molecule has 1 aliphatic rings. The highest BCUT2D eigenvalue weighted by Crippen LogP contribution is 2.17. The molecule has 2 heterocycles. The van der Waals surface area contributed by atoms with Gasteiger partial charge in [0.15, 0.2) is 0 Å². The number of pyridine rings is 1. The van der Waals surface area contributed by atoms with Crippen molar-refractivity contribution in [1.29, 1.82) is 0 Å². The zero-order chi connectivity index (χ0) is 18.4. The lowest BCUT2D eigenvalue weighted by atomic mass is 10.2. The van der Waals surface area contributed by atoms with Gasteiger partial charge in [-0.05, 0) is 31.5 Å². The summed E-state index contributed by atoms with van der Waals surface area (Å²) in [6.45, 7) is 9.04. The van der Waals surface area contributed by atoms with E-state index in [1.807, 2.05) is 42.5 Å². The summed E-state index contributed by atoms with van der Waals surface area (Å²) in [6.07, 6.45) is 1.71. The van der Waals surface area contributed by atoms with Gasteiger partial charge in [-0.2, -0.15) is 0 Å². The van der Waals surface area contributed by atoms with Crippen LogP contribution < -0.4 is 15.5 Å².